The van der Waals surface area contributed by atoms with Crippen molar-refractivity contribution in [3.05, 3.63) is 34.4 Å². The minimum absolute atomic E-state index is 0.159. The Hall–Kier alpha value is -2.36. The molecule has 0 aliphatic carbocycles. The lowest BCUT2D eigenvalue weighted by Gasteiger charge is -2.34. The Bertz CT molecular complexity index is 594. The van der Waals surface area contributed by atoms with Crippen molar-refractivity contribution in [2.45, 2.75) is 31.1 Å². The van der Waals surface area contributed by atoms with Crippen LogP contribution in [0.3, 0.4) is 0 Å². The van der Waals surface area contributed by atoms with Crippen molar-refractivity contribution >= 4 is 17.3 Å². The first-order valence-electron chi connectivity index (χ1n) is 7.22. The van der Waals surface area contributed by atoms with Crippen LogP contribution in [0.2, 0.25) is 0 Å². The topological polar surface area (TPSA) is 95.7 Å². The van der Waals surface area contributed by atoms with E-state index in [-0.39, 0.29) is 10.6 Å². The zero-order valence-electron chi connectivity index (χ0n) is 12.5. The summed E-state index contributed by atoms with van der Waals surface area (Å²) in [5.74, 6) is -2.76. The highest BCUT2D eigenvalue weighted by Gasteiger charge is 2.38. The van der Waals surface area contributed by atoms with E-state index in [9.17, 15) is 23.3 Å². The monoisotopic (exact) mass is 347 g/mol. The van der Waals surface area contributed by atoms with Crippen molar-refractivity contribution in [2.75, 3.05) is 18.0 Å². The molecule has 10 heteroatoms. The Balaban J connectivity index is 0.000000256. The second kappa shape index (κ2) is 7.04. The van der Waals surface area contributed by atoms with Gasteiger partial charge in [-0.1, -0.05) is 0 Å². The number of rotatable bonds is 2. The van der Waals surface area contributed by atoms with E-state index in [2.05, 4.69) is 10.2 Å². The largest absolute Gasteiger partial charge is 0.490 e. The standard InChI is InChI=1S/C12H15N3O2.C2HF3O2/c16-15(17)12-5-3-11(4-6-12)14-7-9-1-2-10(8-14)13-9;3-2(4,5)1(6)7/h3-6,9-10,13H,1-2,7-8H2;(H,6,7). The maximum absolute atomic E-state index is 10.6. The van der Waals surface area contributed by atoms with Crippen LogP contribution in [-0.4, -0.2) is 47.3 Å². The van der Waals surface area contributed by atoms with Gasteiger partial charge >= 0.3 is 12.1 Å². The fraction of sp³-hybridized carbons (Fsp3) is 0.500. The molecule has 132 valence electrons. The number of nitrogens with one attached hydrogen (secondary N) is 1. The second-order valence-corrected chi connectivity index (χ2v) is 5.62. The van der Waals surface area contributed by atoms with Crippen LogP contribution >= 0.6 is 0 Å². The number of nitro benzene ring substituents is 1. The number of carboxylic acid groups (broad SMARTS) is 1. The number of fused-ring (bicyclic) bond motifs is 2. The maximum Gasteiger partial charge on any atom is 0.490 e. The number of anilines is 1. The number of carbonyl (C=O) groups is 1. The Labute approximate surface area is 135 Å². The normalized spacial score (nSPS) is 22.5. The molecule has 2 fully saturated rings. The zero-order valence-corrected chi connectivity index (χ0v) is 12.5. The predicted octanol–water partition coefficient (Wildman–Crippen LogP) is 2.17. The first-order valence-corrected chi connectivity index (χ1v) is 7.22. The molecule has 3 rings (SSSR count). The Morgan fingerprint density at radius 3 is 2.04 bits per heavy atom. The number of halogens is 3. The SMILES string of the molecule is O=C(O)C(F)(F)F.O=[N+]([O-])c1ccc(N2CC3CCC(C2)N3)cc1. The quantitative estimate of drug-likeness (QED) is 0.629. The molecule has 2 aliphatic heterocycles. The third-order valence-corrected chi connectivity index (χ3v) is 3.88. The fourth-order valence-corrected chi connectivity index (χ4v) is 2.79. The van der Waals surface area contributed by atoms with E-state index in [0.717, 1.165) is 18.8 Å². The number of hydrogen-bond acceptors (Lipinski definition) is 5. The number of nitro groups is 1. The number of carboxylic acids is 1. The summed E-state index contributed by atoms with van der Waals surface area (Å²) in [6.45, 7) is 2.02. The molecule has 0 spiro atoms. The molecule has 2 bridgehead atoms. The van der Waals surface area contributed by atoms with E-state index in [1.54, 1.807) is 12.1 Å². The third kappa shape index (κ3) is 4.57. The molecule has 0 amide bonds. The number of non-ortho nitro benzene ring substituents is 1. The van der Waals surface area contributed by atoms with Crippen molar-refractivity contribution in [1.29, 1.82) is 0 Å². The molecular formula is C14H16F3N3O4. The lowest BCUT2D eigenvalue weighted by Crippen LogP contribution is -2.51. The number of benzene rings is 1. The van der Waals surface area contributed by atoms with Crippen molar-refractivity contribution in [3.63, 3.8) is 0 Å². The van der Waals surface area contributed by atoms with Gasteiger partial charge in [0.15, 0.2) is 0 Å². The number of alkyl halides is 3. The molecule has 1 aromatic carbocycles. The molecule has 2 saturated heterocycles. The molecule has 2 unspecified atom stereocenters. The van der Waals surface area contributed by atoms with Gasteiger partial charge in [0.05, 0.1) is 4.92 Å². The Kier molecular flexibility index (Phi) is 5.27. The molecule has 0 saturated carbocycles. The number of hydrogen-bond donors (Lipinski definition) is 2. The van der Waals surface area contributed by atoms with Gasteiger partial charge in [-0.3, -0.25) is 10.1 Å². The lowest BCUT2D eigenvalue weighted by molar-refractivity contribution is -0.384. The molecule has 2 N–H and O–H groups in total. The van der Waals surface area contributed by atoms with Crippen LogP contribution in [0.25, 0.3) is 0 Å². The Morgan fingerprint density at radius 2 is 1.67 bits per heavy atom. The Morgan fingerprint density at radius 1 is 1.21 bits per heavy atom. The van der Waals surface area contributed by atoms with E-state index < -0.39 is 12.1 Å². The van der Waals surface area contributed by atoms with Gasteiger partial charge in [-0.2, -0.15) is 13.2 Å². The smallest absolute Gasteiger partial charge is 0.475 e. The molecule has 1 aromatic rings. The van der Waals surface area contributed by atoms with Crippen LogP contribution in [-0.2, 0) is 4.79 Å². The van der Waals surface area contributed by atoms with Crippen LogP contribution in [0.1, 0.15) is 12.8 Å². The van der Waals surface area contributed by atoms with E-state index in [4.69, 9.17) is 9.90 Å². The molecular weight excluding hydrogens is 331 g/mol. The van der Waals surface area contributed by atoms with Crippen LogP contribution < -0.4 is 10.2 Å². The first-order chi connectivity index (χ1) is 11.2. The van der Waals surface area contributed by atoms with Crippen molar-refractivity contribution in [2.24, 2.45) is 0 Å². The van der Waals surface area contributed by atoms with E-state index in [1.165, 1.54) is 12.8 Å². The van der Waals surface area contributed by atoms with Crippen LogP contribution in [0.5, 0.6) is 0 Å². The average molecular weight is 347 g/mol. The fourth-order valence-electron chi connectivity index (χ4n) is 2.79. The van der Waals surface area contributed by atoms with Gasteiger partial charge in [-0.15, -0.1) is 0 Å². The van der Waals surface area contributed by atoms with Crippen molar-refractivity contribution in [1.82, 2.24) is 5.32 Å². The minimum Gasteiger partial charge on any atom is -0.475 e. The average Bonchev–Trinajstić information content (AvgIpc) is 2.85. The predicted molar refractivity (Wildman–Crippen MR) is 78.9 cm³/mol. The summed E-state index contributed by atoms with van der Waals surface area (Å²) in [6.07, 6.45) is -2.59. The van der Waals surface area contributed by atoms with Crippen LogP contribution in [0, 0.1) is 10.1 Å². The van der Waals surface area contributed by atoms with Crippen molar-refractivity contribution in [3.8, 4) is 0 Å². The second-order valence-electron chi connectivity index (χ2n) is 5.62. The summed E-state index contributed by atoms with van der Waals surface area (Å²) >= 11 is 0. The summed E-state index contributed by atoms with van der Waals surface area (Å²) < 4.78 is 31.7. The molecule has 2 heterocycles. The summed E-state index contributed by atoms with van der Waals surface area (Å²) in [7, 11) is 0. The molecule has 24 heavy (non-hydrogen) atoms. The van der Waals surface area contributed by atoms with Gasteiger partial charge in [0.1, 0.15) is 0 Å². The van der Waals surface area contributed by atoms with E-state index >= 15 is 0 Å². The molecule has 2 atom stereocenters. The van der Waals surface area contributed by atoms with Gasteiger partial charge in [0.2, 0.25) is 0 Å². The highest BCUT2D eigenvalue weighted by Crippen LogP contribution is 2.26. The molecule has 0 aromatic heterocycles. The lowest BCUT2D eigenvalue weighted by atomic mass is 10.2. The molecule has 7 nitrogen and oxygen atoms in total. The summed E-state index contributed by atoms with van der Waals surface area (Å²) in [5, 5.41) is 21.3. The minimum atomic E-state index is -5.08. The maximum atomic E-state index is 10.6. The highest BCUT2D eigenvalue weighted by molar-refractivity contribution is 5.73. The van der Waals surface area contributed by atoms with E-state index in [0.29, 0.717) is 12.1 Å². The third-order valence-electron chi connectivity index (χ3n) is 3.88. The first kappa shape index (κ1) is 18.0. The summed E-state index contributed by atoms with van der Waals surface area (Å²) in [6, 6.07) is 8.04. The summed E-state index contributed by atoms with van der Waals surface area (Å²) in [4.78, 5) is 21.4. The number of aliphatic carboxylic acids is 1. The van der Waals surface area contributed by atoms with Crippen LogP contribution in [0.4, 0.5) is 24.5 Å². The van der Waals surface area contributed by atoms with E-state index in [1.807, 2.05) is 12.1 Å². The van der Waals surface area contributed by atoms with Crippen molar-refractivity contribution < 1.29 is 28.0 Å². The summed E-state index contributed by atoms with van der Waals surface area (Å²) in [5.41, 5.74) is 1.25. The van der Waals surface area contributed by atoms with Gasteiger partial charge < -0.3 is 15.3 Å². The number of piperazine rings is 1. The molecule has 0 radical (unpaired) electrons. The van der Waals surface area contributed by atoms with Gasteiger partial charge in [-0.05, 0) is 25.0 Å². The van der Waals surface area contributed by atoms with Crippen LogP contribution in [0.15, 0.2) is 24.3 Å². The van der Waals surface area contributed by atoms with Gasteiger partial charge in [-0.25, -0.2) is 4.79 Å². The zero-order chi connectivity index (χ0) is 17.9. The highest BCUT2D eigenvalue weighted by atomic mass is 19.4. The van der Waals surface area contributed by atoms with Gasteiger partial charge in [0.25, 0.3) is 5.69 Å². The number of nitrogens with zero attached hydrogens (tertiary/aromatic N) is 2. The molecule has 2 aliphatic rings. The van der Waals surface area contributed by atoms with Gasteiger partial charge in [0, 0.05) is 43.0 Å².